The SMILES string of the molecule is CN1CCC(N[C@H]2C[C@@H](c3nc(-c4ccc5ccc(C6=CCCC=C6)nc5c4)c4c(N)nccn43)C2)CC1. The average Bonchev–Trinajstić information content (AvgIpc) is 3.32. The largest absolute Gasteiger partial charge is 0.382 e. The Balaban J connectivity index is 1.19. The molecule has 0 unspecified atom stereocenters. The Hall–Kier alpha value is -3.55. The lowest BCUT2D eigenvalue weighted by Gasteiger charge is -2.40. The fraction of sp³-hybridized carbons (Fsp3) is 0.387. The van der Waals surface area contributed by atoms with Crippen LogP contribution in [0.25, 0.3) is 33.3 Å². The number of likely N-dealkylation sites (tertiary alicyclic amines) is 1. The first-order chi connectivity index (χ1) is 18.6. The van der Waals surface area contributed by atoms with Gasteiger partial charge in [-0.05, 0) is 76.4 Å². The summed E-state index contributed by atoms with van der Waals surface area (Å²) >= 11 is 0. The van der Waals surface area contributed by atoms with Crippen molar-refractivity contribution in [1.82, 2.24) is 29.6 Å². The lowest BCUT2D eigenvalue weighted by atomic mass is 9.79. The number of rotatable bonds is 5. The fourth-order valence-electron chi connectivity index (χ4n) is 6.28. The number of allylic oxidation sites excluding steroid dienone is 4. The first kappa shape index (κ1) is 23.6. The van der Waals surface area contributed by atoms with Crippen molar-refractivity contribution in [3.63, 3.8) is 0 Å². The molecule has 2 fully saturated rings. The maximum atomic E-state index is 6.44. The minimum atomic E-state index is 0.414. The van der Waals surface area contributed by atoms with E-state index >= 15 is 0 Å². The molecule has 4 aromatic rings. The van der Waals surface area contributed by atoms with E-state index in [2.05, 4.69) is 75.2 Å². The van der Waals surface area contributed by atoms with Crippen LogP contribution in [0.5, 0.6) is 0 Å². The van der Waals surface area contributed by atoms with E-state index in [0.717, 1.165) is 64.9 Å². The van der Waals surface area contributed by atoms with Gasteiger partial charge in [-0.3, -0.25) is 4.40 Å². The van der Waals surface area contributed by atoms with E-state index in [9.17, 15) is 0 Å². The van der Waals surface area contributed by atoms with Crippen LogP contribution < -0.4 is 11.1 Å². The zero-order chi connectivity index (χ0) is 25.6. The van der Waals surface area contributed by atoms with Crippen molar-refractivity contribution in [1.29, 1.82) is 0 Å². The summed E-state index contributed by atoms with van der Waals surface area (Å²) in [5.41, 5.74) is 12.4. The first-order valence-electron chi connectivity index (χ1n) is 14.0. The minimum absolute atomic E-state index is 0.414. The molecule has 0 radical (unpaired) electrons. The van der Waals surface area contributed by atoms with E-state index in [1.165, 1.54) is 31.5 Å². The van der Waals surface area contributed by atoms with Crippen LogP contribution in [0.4, 0.5) is 5.82 Å². The van der Waals surface area contributed by atoms with Gasteiger partial charge in [-0.15, -0.1) is 0 Å². The third-order valence-electron chi connectivity index (χ3n) is 8.56. The number of piperidine rings is 1. The molecule has 1 aromatic carbocycles. The van der Waals surface area contributed by atoms with Crippen molar-refractivity contribution in [3.05, 3.63) is 72.5 Å². The van der Waals surface area contributed by atoms with Gasteiger partial charge < -0.3 is 16.0 Å². The molecular formula is C31H35N7. The normalized spacial score (nSPS) is 22.6. The van der Waals surface area contributed by atoms with Gasteiger partial charge in [-0.1, -0.05) is 36.4 Å². The van der Waals surface area contributed by atoms with E-state index in [1.54, 1.807) is 6.20 Å². The summed E-state index contributed by atoms with van der Waals surface area (Å²) in [7, 11) is 2.22. The number of nitrogens with two attached hydrogens (primary N) is 1. The Labute approximate surface area is 223 Å². The standard InChI is InChI=1S/C31H35N7/c1-37-14-11-24(12-15-37)34-25-17-23(18-25)31-36-28(29-30(32)33-13-16-38(29)31)22-8-7-21-9-10-26(35-27(21)19-22)20-5-3-2-4-6-20/h3,5-10,13,16,19,23-25,34H,2,4,11-12,14-15,17-18H2,1H3,(H2,32,33)/t23-,25+. The van der Waals surface area contributed by atoms with Crippen molar-refractivity contribution in [3.8, 4) is 11.3 Å². The Morgan fingerprint density at radius 1 is 1.00 bits per heavy atom. The third-order valence-corrected chi connectivity index (χ3v) is 8.56. The van der Waals surface area contributed by atoms with E-state index in [-0.39, 0.29) is 0 Å². The van der Waals surface area contributed by atoms with Gasteiger partial charge in [0.15, 0.2) is 0 Å². The second-order valence-electron chi connectivity index (χ2n) is 11.2. The van der Waals surface area contributed by atoms with Gasteiger partial charge in [0.25, 0.3) is 0 Å². The molecule has 4 heterocycles. The average molecular weight is 506 g/mol. The maximum absolute atomic E-state index is 6.44. The van der Waals surface area contributed by atoms with Gasteiger partial charge in [-0.2, -0.15) is 0 Å². The summed E-state index contributed by atoms with van der Waals surface area (Å²) in [5.74, 6) is 2.02. The molecule has 0 amide bonds. The molecule has 194 valence electrons. The van der Waals surface area contributed by atoms with Gasteiger partial charge in [0.05, 0.1) is 11.2 Å². The highest BCUT2D eigenvalue weighted by molar-refractivity contribution is 5.91. The molecule has 3 N–H and O–H groups in total. The number of anilines is 1. The predicted molar refractivity (Wildman–Crippen MR) is 154 cm³/mol. The van der Waals surface area contributed by atoms with E-state index in [0.29, 0.717) is 23.8 Å². The Kier molecular flexibility index (Phi) is 5.98. The van der Waals surface area contributed by atoms with Crippen molar-refractivity contribution in [2.75, 3.05) is 25.9 Å². The number of aromatic nitrogens is 4. The van der Waals surface area contributed by atoms with Crippen molar-refractivity contribution >= 4 is 27.8 Å². The number of hydrogen-bond acceptors (Lipinski definition) is 6. The molecule has 7 nitrogen and oxygen atoms in total. The number of fused-ring (bicyclic) bond motifs is 2. The fourth-order valence-corrected chi connectivity index (χ4v) is 6.28. The molecule has 0 spiro atoms. The summed E-state index contributed by atoms with van der Waals surface area (Å²) in [6.07, 6.45) is 17.3. The molecule has 1 saturated heterocycles. The predicted octanol–water partition coefficient (Wildman–Crippen LogP) is 5.19. The molecule has 7 rings (SSSR count). The summed E-state index contributed by atoms with van der Waals surface area (Å²) in [6.45, 7) is 2.37. The number of imidazole rings is 1. The van der Waals surface area contributed by atoms with Crippen molar-refractivity contribution < 1.29 is 0 Å². The molecule has 38 heavy (non-hydrogen) atoms. The number of benzene rings is 1. The molecule has 1 aliphatic heterocycles. The monoisotopic (exact) mass is 505 g/mol. The molecule has 0 atom stereocenters. The van der Waals surface area contributed by atoms with Gasteiger partial charge in [0, 0.05) is 41.3 Å². The lowest BCUT2D eigenvalue weighted by molar-refractivity contribution is 0.190. The van der Waals surface area contributed by atoms with Crippen LogP contribution in [0.1, 0.15) is 56.0 Å². The van der Waals surface area contributed by atoms with Gasteiger partial charge in [-0.25, -0.2) is 15.0 Å². The molecule has 3 aromatic heterocycles. The molecule has 3 aliphatic rings. The number of pyridine rings is 1. The van der Waals surface area contributed by atoms with E-state index in [4.69, 9.17) is 15.7 Å². The summed E-state index contributed by atoms with van der Waals surface area (Å²) in [4.78, 5) is 17.1. The van der Waals surface area contributed by atoms with Crippen LogP contribution in [0.15, 0.2) is 61.0 Å². The summed E-state index contributed by atoms with van der Waals surface area (Å²) in [6, 6.07) is 11.9. The van der Waals surface area contributed by atoms with Crippen LogP contribution in [-0.4, -0.2) is 56.5 Å². The zero-order valence-corrected chi connectivity index (χ0v) is 22.0. The molecule has 2 aliphatic carbocycles. The van der Waals surface area contributed by atoms with E-state index in [1.807, 2.05) is 6.20 Å². The number of nitrogens with one attached hydrogen (secondary N) is 1. The van der Waals surface area contributed by atoms with Gasteiger partial charge in [0.2, 0.25) is 0 Å². The number of hydrogen-bond donors (Lipinski definition) is 2. The summed E-state index contributed by atoms with van der Waals surface area (Å²) in [5, 5.41) is 5.03. The first-order valence-corrected chi connectivity index (χ1v) is 14.0. The van der Waals surface area contributed by atoms with Gasteiger partial charge >= 0.3 is 0 Å². The highest BCUT2D eigenvalue weighted by Crippen LogP contribution is 2.40. The quantitative estimate of drug-likeness (QED) is 0.388. The van der Waals surface area contributed by atoms with Crippen LogP contribution in [0.2, 0.25) is 0 Å². The second-order valence-corrected chi connectivity index (χ2v) is 11.2. The maximum Gasteiger partial charge on any atom is 0.150 e. The second kappa shape index (κ2) is 9.64. The van der Waals surface area contributed by atoms with Gasteiger partial charge in [0.1, 0.15) is 22.9 Å². The van der Waals surface area contributed by atoms with Crippen molar-refractivity contribution in [2.24, 2.45) is 0 Å². The molecule has 0 bridgehead atoms. The van der Waals surface area contributed by atoms with Crippen LogP contribution in [0, 0.1) is 0 Å². The smallest absolute Gasteiger partial charge is 0.150 e. The lowest BCUT2D eigenvalue weighted by Crippen LogP contribution is -2.49. The zero-order valence-electron chi connectivity index (χ0n) is 22.0. The molecular weight excluding hydrogens is 470 g/mol. The van der Waals surface area contributed by atoms with Crippen LogP contribution >= 0.6 is 0 Å². The van der Waals surface area contributed by atoms with Crippen molar-refractivity contribution in [2.45, 2.75) is 56.5 Å². The molecule has 7 heteroatoms. The number of nitrogens with zero attached hydrogens (tertiary/aromatic N) is 5. The van der Waals surface area contributed by atoms with Crippen LogP contribution in [-0.2, 0) is 0 Å². The van der Waals surface area contributed by atoms with E-state index < -0.39 is 0 Å². The Morgan fingerprint density at radius 3 is 2.66 bits per heavy atom. The minimum Gasteiger partial charge on any atom is -0.382 e. The Morgan fingerprint density at radius 2 is 1.84 bits per heavy atom. The molecule has 1 saturated carbocycles. The highest BCUT2D eigenvalue weighted by Gasteiger charge is 2.35. The number of nitrogen functional groups attached to an aromatic ring is 1. The topological polar surface area (TPSA) is 84.4 Å². The highest BCUT2D eigenvalue weighted by atomic mass is 15.1. The summed E-state index contributed by atoms with van der Waals surface area (Å²) < 4.78 is 2.17. The third kappa shape index (κ3) is 4.29. The van der Waals surface area contributed by atoms with Crippen LogP contribution in [0.3, 0.4) is 0 Å². The Bertz CT molecular complexity index is 1550.